The third kappa shape index (κ3) is 3.18. The number of nitrogens with one attached hydrogen (secondary N) is 1. The molecule has 1 N–H and O–H groups in total. The third-order valence-electron chi connectivity index (χ3n) is 4.23. The van der Waals surface area contributed by atoms with Gasteiger partial charge in [-0.15, -0.1) is 0 Å². The summed E-state index contributed by atoms with van der Waals surface area (Å²) in [5, 5.41) is 3.40. The zero-order valence-corrected chi connectivity index (χ0v) is 12.3. The Bertz CT molecular complexity index is 525. The summed E-state index contributed by atoms with van der Waals surface area (Å²) in [6, 6.07) is 5.05. The van der Waals surface area contributed by atoms with E-state index in [4.69, 9.17) is 4.74 Å². The Hall–Kier alpha value is -1.62. The van der Waals surface area contributed by atoms with Crippen LogP contribution in [0.15, 0.2) is 18.2 Å². The van der Waals surface area contributed by atoms with Gasteiger partial charge in [-0.25, -0.2) is 4.39 Å². The summed E-state index contributed by atoms with van der Waals surface area (Å²) < 4.78 is 19.1. The van der Waals surface area contributed by atoms with Crippen LogP contribution in [0.4, 0.5) is 4.39 Å². The minimum atomic E-state index is -0.510. The highest BCUT2D eigenvalue weighted by atomic mass is 19.1. The molecular weight excluding hydrogens is 271 g/mol. The van der Waals surface area contributed by atoms with Crippen molar-refractivity contribution in [3.05, 3.63) is 29.6 Å². The van der Waals surface area contributed by atoms with Gasteiger partial charge in [0.15, 0.2) is 0 Å². The molecule has 5 heteroatoms. The summed E-state index contributed by atoms with van der Waals surface area (Å²) >= 11 is 0. The minimum absolute atomic E-state index is 0.140. The van der Waals surface area contributed by atoms with Gasteiger partial charge < -0.3 is 15.0 Å². The first kappa shape index (κ1) is 14.3. The van der Waals surface area contributed by atoms with E-state index in [9.17, 15) is 9.18 Å². The SMILES string of the molecule is COc1ccc(C(=O)N(CC2CCCN2)C2CC2)c(F)c1. The van der Waals surface area contributed by atoms with E-state index in [1.807, 2.05) is 4.90 Å². The normalized spacial score (nSPS) is 21.3. The van der Waals surface area contributed by atoms with Crippen LogP contribution in [0.3, 0.4) is 0 Å². The fraction of sp³-hybridized carbons (Fsp3) is 0.562. The molecule has 2 fully saturated rings. The van der Waals surface area contributed by atoms with Crippen molar-refractivity contribution in [3.63, 3.8) is 0 Å². The molecule has 1 aromatic carbocycles. The summed E-state index contributed by atoms with van der Waals surface area (Å²) in [4.78, 5) is 14.5. The zero-order chi connectivity index (χ0) is 14.8. The van der Waals surface area contributed by atoms with Gasteiger partial charge in [-0.2, -0.15) is 0 Å². The Labute approximate surface area is 124 Å². The number of halogens is 1. The van der Waals surface area contributed by atoms with Crippen LogP contribution in [0.2, 0.25) is 0 Å². The van der Waals surface area contributed by atoms with Crippen molar-refractivity contribution in [2.45, 2.75) is 37.8 Å². The number of nitrogens with zero attached hydrogens (tertiary/aromatic N) is 1. The first-order valence-electron chi connectivity index (χ1n) is 7.57. The standard InChI is InChI=1S/C16H21FN2O2/c1-21-13-6-7-14(15(17)9-13)16(20)19(12-4-5-12)10-11-3-2-8-18-11/h6-7,9,11-12,18H,2-5,8,10H2,1H3. The number of rotatable bonds is 5. The Morgan fingerprint density at radius 2 is 2.24 bits per heavy atom. The molecule has 0 radical (unpaired) electrons. The van der Waals surface area contributed by atoms with Crippen LogP contribution in [0.1, 0.15) is 36.0 Å². The molecule has 114 valence electrons. The monoisotopic (exact) mass is 292 g/mol. The van der Waals surface area contributed by atoms with E-state index in [2.05, 4.69) is 5.32 Å². The number of methoxy groups -OCH3 is 1. The number of amides is 1. The van der Waals surface area contributed by atoms with Crippen LogP contribution in [0, 0.1) is 5.82 Å². The van der Waals surface area contributed by atoms with Crippen LogP contribution in [-0.2, 0) is 0 Å². The van der Waals surface area contributed by atoms with E-state index in [0.717, 1.165) is 32.2 Å². The van der Waals surface area contributed by atoms with E-state index in [1.54, 1.807) is 6.07 Å². The van der Waals surface area contributed by atoms with Gasteiger partial charge in [0.1, 0.15) is 11.6 Å². The van der Waals surface area contributed by atoms with Gasteiger partial charge in [0, 0.05) is 24.7 Å². The van der Waals surface area contributed by atoms with Gasteiger partial charge in [0.25, 0.3) is 5.91 Å². The number of ether oxygens (including phenoxy) is 1. The predicted octanol–water partition coefficient (Wildman–Crippen LogP) is 2.19. The molecule has 1 aromatic rings. The molecule has 1 amide bonds. The molecule has 0 spiro atoms. The van der Waals surface area contributed by atoms with Crippen LogP contribution in [0.5, 0.6) is 5.75 Å². The molecule has 1 saturated heterocycles. The molecule has 1 atom stereocenters. The van der Waals surface area contributed by atoms with Gasteiger partial charge in [0.2, 0.25) is 0 Å². The van der Waals surface area contributed by atoms with Crippen LogP contribution < -0.4 is 10.1 Å². The molecule has 1 aliphatic carbocycles. The molecule has 2 aliphatic rings. The lowest BCUT2D eigenvalue weighted by atomic mass is 10.1. The lowest BCUT2D eigenvalue weighted by Gasteiger charge is -2.26. The second kappa shape index (κ2) is 6.02. The molecular formula is C16H21FN2O2. The van der Waals surface area contributed by atoms with E-state index in [-0.39, 0.29) is 17.5 Å². The summed E-state index contributed by atoms with van der Waals surface area (Å²) in [5.74, 6) is -0.282. The highest BCUT2D eigenvalue weighted by Crippen LogP contribution is 2.30. The maximum absolute atomic E-state index is 14.1. The third-order valence-corrected chi connectivity index (χ3v) is 4.23. The second-order valence-electron chi connectivity index (χ2n) is 5.83. The average Bonchev–Trinajstić information content (AvgIpc) is 3.20. The summed E-state index contributed by atoms with van der Waals surface area (Å²) in [6.45, 7) is 1.68. The number of carbonyl (C=O) groups excluding carboxylic acids is 1. The van der Waals surface area contributed by atoms with Crippen molar-refractivity contribution in [1.29, 1.82) is 0 Å². The van der Waals surface area contributed by atoms with Crippen LogP contribution in [0.25, 0.3) is 0 Å². The van der Waals surface area contributed by atoms with Crippen molar-refractivity contribution >= 4 is 5.91 Å². The Balaban J connectivity index is 1.77. The van der Waals surface area contributed by atoms with Gasteiger partial charge in [-0.05, 0) is 44.4 Å². The molecule has 1 heterocycles. The molecule has 21 heavy (non-hydrogen) atoms. The highest BCUT2D eigenvalue weighted by molar-refractivity contribution is 5.95. The average molecular weight is 292 g/mol. The Kier molecular flexibility index (Phi) is 4.10. The van der Waals surface area contributed by atoms with E-state index < -0.39 is 5.82 Å². The zero-order valence-electron chi connectivity index (χ0n) is 12.3. The summed E-state index contributed by atoms with van der Waals surface area (Å²) in [5.41, 5.74) is 0.140. The van der Waals surface area contributed by atoms with Crippen molar-refractivity contribution in [3.8, 4) is 5.75 Å². The summed E-state index contributed by atoms with van der Waals surface area (Å²) in [7, 11) is 1.48. The minimum Gasteiger partial charge on any atom is -0.497 e. The number of benzene rings is 1. The van der Waals surface area contributed by atoms with Crippen LogP contribution >= 0.6 is 0 Å². The maximum Gasteiger partial charge on any atom is 0.257 e. The fourth-order valence-electron chi connectivity index (χ4n) is 2.88. The second-order valence-corrected chi connectivity index (χ2v) is 5.83. The van der Waals surface area contributed by atoms with E-state index >= 15 is 0 Å². The molecule has 3 rings (SSSR count). The number of carbonyl (C=O) groups is 1. The Morgan fingerprint density at radius 1 is 1.43 bits per heavy atom. The molecule has 1 saturated carbocycles. The van der Waals surface area contributed by atoms with Crippen LogP contribution in [-0.4, -0.2) is 43.1 Å². The van der Waals surface area contributed by atoms with Gasteiger partial charge in [-0.1, -0.05) is 0 Å². The van der Waals surface area contributed by atoms with Crippen molar-refractivity contribution in [1.82, 2.24) is 10.2 Å². The van der Waals surface area contributed by atoms with Gasteiger partial charge in [0.05, 0.1) is 12.7 Å². The van der Waals surface area contributed by atoms with E-state index in [0.29, 0.717) is 18.3 Å². The van der Waals surface area contributed by atoms with Gasteiger partial charge in [-0.3, -0.25) is 4.79 Å². The summed E-state index contributed by atoms with van der Waals surface area (Å²) in [6.07, 6.45) is 4.28. The quantitative estimate of drug-likeness (QED) is 0.904. The lowest BCUT2D eigenvalue weighted by Crippen LogP contribution is -2.42. The topological polar surface area (TPSA) is 41.6 Å². The maximum atomic E-state index is 14.1. The molecule has 0 bridgehead atoms. The number of hydrogen-bond acceptors (Lipinski definition) is 3. The molecule has 0 aromatic heterocycles. The number of hydrogen-bond donors (Lipinski definition) is 1. The largest absolute Gasteiger partial charge is 0.497 e. The first-order chi connectivity index (χ1) is 10.2. The fourth-order valence-corrected chi connectivity index (χ4v) is 2.88. The van der Waals surface area contributed by atoms with Crippen molar-refractivity contribution < 1.29 is 13.9 Å². The van der Waals surface area contributed by atoms with E-state index in [1.165, 1.54) is 19.2 Å². The van der Waals surface area contributed by atoms with Crippen molar-refractivity contribution in [2.24, 2.45) is 0 Å². The highest BCUT2D eigenvalue weighted by Gasteiger charge is 2.35. The molecule has 1 unspecified atom stereocenters. The molecule has 1 aliphatic heterocycles. The smallest absolute Gasteiger partial charge is 0.257 e. The van der Waals surface area contributed by atoms with Crippen molar-refractivity contribution in [2.75, 3.05) is 20.2 Å². The lowest BCUT2D eigenvalue weighted by molar-refractivity contribution is 0.0724. The molecule has 4 nitrogen and oxygen atoms in total. The predicted molar refractivity (Wildman–Crippen MR) is 78.0 cm³/mol. The first-order valence-corrected chi connectivity index (χ1v) is 7.57. The Morgan fingerprint density at radius 3 is 2.81 bits per heavy atom. The van der Waals surface area contributed by atoms with Gasteiger partial charge >= 0.3 is 0 Å².